The lowest BCUT2D eigenvalue weighted by Crippen LogP contribution is -2.13. The number of hydrogen-bond acceptors (Lipinski definition) is 2. The molecule has 0 fully saturated rings. The normalized spacial score (nSPS) is 11.3. The number of carbonyl (C=O) groups excluding carboxylic acids is 1. The third kappa shape index (κ3) is 4.27. The fourth-order valence-electron chi connectivity index (χ4n) is 2.01. The van der Waals surface area contributed by atoms with Crippen LogP contribution in [0.25, 0.3) is 0 Å². The van der Waals surface area contributed by atoms with Crippen LogP contribution in [0.1, 0.15) is 21.5 Å². The number of anilines is 1. The summed E-state index contributed by atoms with van der Waals surface area (Å²) in [5.74, 6) is -0.346. The lowest BCUT2D eigenvalue weighted by atomic mass is 10.1. The van der Waals surface area contributed by atoms with Crippen molar-refractivity contribution < 1.29 is 18.0 Å². The highest BCUT2D eigenvalue weighted by Crippen LogP contribution is 2.36. The van der Waals surface area contributed by atoms with Crippen molar-refractivity contribution in [2.24, 2.45) is 0 Å². The van der Waals surface area contributed by atoms with Gasteiger partial charge in [0.15, 0.2) is 0 Å². The topological polar surface area (TPSA) is 29.1 Å². The number of carbonyl (C=O) groups is 1. The Balaban J connectivity index is 2.13. The second-order valence-corrected chi connectivity index (χ2v) is 5.93. The molecule has 0 aliphatic rings. The molecule has 22 heavy (non-hydrogen) atoms. The second-order valence-electron chi connectivity index (χ2n) is 4.79. The average Bonchev–Trinajstić information content (AvgIpc) is 2.42. The molecule has 0 heterocycles. The van der Waals surface area contributed by atoms with E-state index in [9.17, 15) is 18.0 Å². The zero-order chi connectivity index (χ0) is 16.3. The van der Waals surface area contributed by atoms with Gasteiger partial charge in [-0.25, -0.2) is 0 Å². The Morgan fingerprint density at radius 2 is 1.55 bits per heavy atom. The molecule has 0 saturated heterocycles. The summed E-state index contributed by atoms with van der Waals surface area (Å²) in [6, 6.07) is 11.0. The summed E-state index contributed by atoms with van der Waals surface area (Å²) in [5.41, 5.74) is -1.44. The fraction of sp³-hybridized carbons (Fsp3) is 0.188. The molecule has 2 aromatic carbocycles. The number of alkyl halides is 3. The molecule has 0 bridgehead atoms. The molecular formula is C16H14F3NOS. The maximum absolute atomic E-state index is 12.3. The summed E-state index contributed by atoms with van der Waals surface area (Å²) in [6.07, 6.45) is 0. The van der Waals surface area contributed by atoms with Gasteiger partial charge >= 0.3 is 5.51 Å². The molecule has 0 saturated carbocycles. The molecular weight excluding hydrogens is 311 g/mol. The lowest BCUT2D eigenvalue weighted by Gasteiger charge is -2.12. The van der Waals surface area contributed by atoms with Gasteiger partial charge in [-0.2, -0.15) is 13.2 Å². The SMILES string of the molecule is Cc1cccc(C)c1NC(=O)c1ccc(SC(F)(F)F)cc1. The van der Waals surface area contributed by atoms with Gasteiger partial charge in [-0.15, -0.1) is 0 Å². The molecule has 6 heteroatoms. The Bertz CT molecular complexity index is 661. The maximum atomic E-state index is 12.3. The Morgan fingerprint density at radius 3 is 2.05 bits per heavy atom. The second kappa shape index (κ2) is 6.44. The molecule has 1 amide bonds. The molecule has 116 valence electrons. The number of para-hydroxylation sites is 1. The van der Waals surface area contributed by atoms with E-state index in [1.807, 2.05) is 32.0 Å². The molecule has 2 nitrogen and oxygen atoms in total. The lowest BCUT2D eigenvalue weighted by molar-refractivity contribution is -0.0328. The van der Waals surface area contributed by atoms with E-state index < -0.39 is 5.51 Å². The predicted octanol–water partition coefficient (Wildman–Crippen LogP) is 5.17. The smallest absolute Gasteiger partial charge is 0.322 e. The van der Waals surface area contributed by atoms with Crippen LogP contribution in [0, 0.1) is 13.8 Å². The van der Waals surface area contributed by atoms with Crippen LogP contribution >= 0.6 is 11.8 Å². The van der Waals surface area contributed by atoms with Crippen LogP contribution in [0.15, 0.2) is 47.4 Å². The van der Waals surface area contributed by atoms with E-state index in [-0.39, 0.29) is 22.6 Å². The Morgan fingerprint density at radius 1 is 1.00 bits per heavy atom. The number of benzene rings is 2. The summed E-state index contributed by atoms with van der Waals surface area (Å²) in [4.78, 5) is 12.2. The van der Waals surface area contributed by atoms with Crippen molar-refractivity contribution in [2.75, 3.05) is 5.32 Å². The van der Waals surface area contributed by atoms with Gasteiger partial charge in [-0.1, -0.05) is 18.2 Å². The van der Waals surface area contributed by atoms with Crippen LogP contribution < -0.4 is 5.32 Å². The summed E-state index contributed by atoms with van der Waals surface area (Å²) >= 11 is -0.202. The van der Waals surface area contributed by atoms with Crippen LogP contribution in [0.3, 0.4) is 0 Å². The monoisotopic (exact) mass is 325 g/mol. The molecule has 0 atom stereocenters. The largest absolute Gasteiger partial charge is 0.446 e. The highest BCUT2D eigenvalue weighted by atomic mass is 32.2. The maximum Gasteiger partial charge on any atom is 0.446 e. The number of amides is 1. The zero-order valence-electron chi connectivity index (χ0n) is 12.0. The molecule has 2 rings (SSSR count). The molecule has 0 aliphatic carbocycles. The third-order valence-electron chi connectivity index (χ3n) is 3.07. The minimum absolute atomic E-state index is 0.0520. The van der Waals surface area contributed by atoms with Crippen LogP contribution in [0.5, 0.6) is 0 Å². The van der Waals surface area contributed by atoms with E-state index in [1.165, 1.54) is 24.3 Å². The number of halogens is 3. The van der Waals surface area contributed by atoms with Crippen molar-refractivity contribution in [1.29, 1.82) is 0 Å². The molecule has 2 aromatic rings. The van der Waals surface area contributed by atoms with E-state index in [0.29, 0.717) is 5.56 Å². The average molecular weight is 325 g/mol. The van der Waals surface area contributed by atoms with Crippen molar-refractivity contribution in [3.8, 4) is 0 Å². The first-order valence-corrected chi connectivity index (χ1v) is 7.31. The van der Waals surface area contributed by atoms with Crippen LogP contribution in [0.4, 0.5) is 18.9 Å². The Kier molecular flexibility index (Phi) is 4.81. The van der Waals surface area contributed by atoms with Crippen LogP contribution in [-0.4, -0.2) is 11.4 Å². The Labute approximate surface area is 130 Å². The third-order valence-corrected chi connectivity index (χ3v) is 3.81. The summed E-state index contributed by atoms with van der Waals surface area (Å²) in [6.45, 7) is 3.76. The van der Waals surface area contributed by atoms with Gasteiger partial charge in [-0.05, 0) is 61.0 Å². The number of aryl methyl sites for hydroxylation is 2. The summed E-state index contributed by atoms with van der Waals surface area (Å²) < 4.78 is 36.8. The molecule has 0 radical (unpaired) electrons. The van der Waals surface area contributed by atoms with Gasteiger partial charge in [0.25, 0.3) is 5.91 Å². The minimum atomic E-state index is -4.33. The van der Waals surface area contributed by atoms with Crippen molar-refractivity contribution in [3.63, 3.8) is 0 Å². The number of rotatable bonds is 3. The first kappa shape index (κ1) is 16.4. The predicted molar refractivity (Wildman–Crippen MR) is 82.2 cm³/mol. The molecule has 1 N–H and O–H groups in total. The molecule has 0 unspecified atom stereocenters. The molecule has 0 aromatic heterocycles. The van der Waals surface area contributed by atoms with Gasteiger partial charge in [0.05, 0.1) is 0 Å². The summed E-state index contributed by atoms with van der Waals surface area (Å²) in [7, 11) is 0. The zero-order valence-corrected chi connectivity index (χ0v) is 12.8. The van der Waals surface area contributed by atoms with Gasteiger partial charge in [-0.3, -0.25) is 4.79 Å². The standard InChI is InChI=1S/C16H14F3NOS/c1-10-4-3-5-11(2)14(10)20-15(21)12-6-8-13(9-7-12)22-16(17,18)19/h3-9H,1-2H3,(H,20,21). The van der Waals surface area contributed by atoms with Gasteiger partial charge in [0.2, 0.25) is 0 Å². The van der Waals surface area contributed by atoms with Crippen LogP contribution in [0.2, 0.25) is 0 Å². The number of nitrogens with one attached hydrogen (secondary N) is 1. The van der Waals surface area contributed by atoms with Crippen molar-refractivity contribution in [3.05, 3.63) is 59.2 Å². The molecule has 0 spiro atoms. The van der Waals surface area contributed by atoms with Crippen molar-refractivity contribution in [2.45, 2.75) is 24.3 Å². The van der Waals surface area contributed by atoms with Crippen molar-refractivity contribution in [1.82, 2.24) is 0 Å². The van der Waals surface area contributed by atoms with Crippen molar-refractivity contribution >= 4 is 23.4 Å². The number of thioether (sulfide) groups is 1. The number of hydrogen-bond donors (Lipinski definition) is 1. The quantitative estimate of drug-likeness (QED) is 0.789. The van der Waals surface area contributed by atoms with E-state index in [4.69, 9.17) is 0 Å². The Hall–Kier alpha value is -1.95. The van der Waals surface area contributed by atoms with E-state index in [1.54, 1.807) is 0 Å². The summed E-state index contributed by atoms with van der Waals surface area (Å²) in [5, 5.41) is 2.79. The van der Waals surface area contributed by atoms with Crippen LogP contribution in [-0.2, 0) is 0 Å². The highest BCUT2D eigenvalue weighted by molar-refractivity contribution is 8.00. The fourth-order valence-corrected chi connectivity index (χ4v) is 2.54. The first-order chi connectivity index (χ1) is 10.3. The van der Waals surface area contributed by atoms with E-state index in [2.05, 4.69) is 5.32 Å². The van der Waals surface area contributed by atoms with Gasteiger partial charge < -0.3 is 5.32 Å². The van der Waals surface area contributed by atoms with E-state index in [0.717, 1.165) is 16.8 Å². The first-order valence-electron chi connectivity index (χ1n) is 6.49. The van der Waals surface area contributed by atoms with Gasteiger partial charge in [0, 0.05) is 16.1 Å². The minimum Gasteiger partial charge on any atom is -0.322 e. The van der Waals surface area contributed by atoms with E-state index >= 15 is 0 Å². The van der Waals surface area contributed by atoms with Gasteiger partial charge in [0.1, 0.15) is 0 Å². The highest BCUT2D eigenvalue weighted by Gasteiger charge is 2.29. The molecule has 0 aliphatic heterocycles.